The van der Waals surface area contributed by atoms with Crippen molar-refractivity contribution >= 4 is 0 Å². The van der Waals surface area contributed by atoms with Gasteiger partial charge in [-0.2, -0.15) is 0 Å². The first kappa shape index (κ1) is 13.2. The number of aromatic nitrogens is 1. The van der Waals surface area contributed by atoms with Gasteiger partial charge in [0.15, 0.2) is 0 Å². The second-order valence-electron chi connectivity index (χ2n) is 4.60. The molecule has 0 radical (unpaired) electrons. The van der Waals surface area contributed by atoms with Crippen molar-refractivity contribution in [2.75, 3.05) is 0 Å². The van der Waals surface area contributed by atoms with Crippen molar-refractivity contribution in [3.05, 3.63) is 29.6 Å². The minimum absolute atomic E-state index is 0.592. The van der Waals surface area contributed by atoms with Crippen molar-refractivity contribution < 1.29 is 0 Å². The Kier molecular flexibility index (Phi) is 6.09. The van der Waals surface area contributed by atoms with Gasteiger partial charge < -0.3 is 5.32 Å². The van der Waals surface area contributed by atoms with E-state index in [1.807, 2.05) is 6.20 Å². The smallest absolute Gasteiger partial charge is 0.0541 e. The molecule has 2 heteroatoms. The highest BCUT2D eigenvalue weighted by atomic mass is 14.9. The molecule has 1 unspecified atom stereocenters. The van der Waals surface area contributed by atoms with Gasteiger partial charge in [-0.15, -0.1) is 0 Å². The molecule has 0 amide bonds. The molecule has 0 fully saturated rings. The third-order valence-electron chi connectivity index (χ3n) is 2.84. The fraction of sp³-hybridized carbons (Fsp3) is 0.643. The highest BCUT2D eigenvalue weighted by molar-refractivity contribution is 5.11. The zero-order valence-electron chi connectivity index (χ0n) is 10.8. The van der Waals surface area contributed by atoms with Gasteiger partial charge in [0, 0.05) is 18.8 Å². The first-order valence-electron chi connectivity index (χ1n) is 6.37. The lowest BCUT2D eigenvalue weighted by Crippen LogP contribution is -2.25. The monoisotopic (exact) mass is 220 g/mol. The predicted molar refractivity (Wildman–Crippen MR) is 69.4 cm³/mol. The first-order chi connectivity index (χ1) is 7.72. The fourth-order valence-corrected chi connectivity index (χ4v) is 1.68. The predicted octanol–water partition coefficient (Wildman–Crippen LogP) is 3.45. The van der Waals surface area contributed by atoms with E-state index in [1.54, 1.807) is 0 Å². The van der Waals surface area contributed by atoms with Gasteiger partial charge in [0.1, 0.15) is 0 Å². The zero-order chi connectivity index (χ0) is 11.8. The Hall–Kier alpha value is -0.890. The van der Waals surface area contributed by atoms with Gasteiger partial charge in [0.25, 0.3) is 0 Å². The standard InChI is InChI=1S/C14H24N2/c1-4-5-6-7-13(3)15-11-14-9-8-12(2)10-16-14/h8-10,13,15H,4-7,11H2,1-3H3. The summed E-state index contributed by atoms with van der Waals surface area (Å²) in [6.45, 7) is 7.45. The largest absolute Gasteiger partial charge is 0.309 e. The van der Waals surface area contributed by atoms with Crippen molar-refractivity contribution in [1.82, 2.24) is 10.3 Å². The lowest BCUT2D eigenvalue weighted by Gasteiger charge is -2.13. The molecule has 1 rings (SSSR count). The number of nitrogens with one attached hydrogen (secondary N) is 1. The van der Waals surface area contributed by atoms with Crippen LogP contribution in [0.15, 0.2) is 18.3 Å². The summed E-state index contributed by atoms with van der Waals surface area (Å²) in [5.74, 6) is 0. The van der Waals surface area contributed by atoms with E-state index in [9.17, 15) is 0 Å². The Morgan fingerprint density at radius 1 is 1.31 bits per heavy atom. The number of rotatable bonds is 7. The Morgan fingerprint density at radius 2 is 2.12 bits per heavy atom. The van der Waals surface area contributed by atoms with Crippen LogP contribution in [-0.2, 0) is 6.54 Å². The van der Waals surface area contributed by atoms with E-state index in [2.05, 4.69) is 43.2 Å². The van der Waals surface area contributed by atoms with Gasteiger partial charge in [-0.05, 0) is 31.9 Å². The maximum atomic E-state index is 4.38. The van der Waals surface area contributed by atoms with Crippen LogP contribution in [0.1, 0.15) is 50.8 Å². The van der Waals surface area contributed by atoms with Crippen LogP contribution >= 0.6 is 0 Å². The number of aryl methyl sites for hydroxylation is 1. The van der Waals surface area contributed by atoms with E-state index in [4.69, 9.17) is 0 Å². The van der Waals surface area contributed by atoms with Crippen molar-refractivity contribution in [2.24, 2.45) is 0 Å². The Bertz CT molecular complexity index is 279. The van der Waals surface area contributed by atoms with Gasteiger partial charge in [0.2, 0.25) is 0 Å². The quantitative estimate of drug-likeness (QED) is 0.712. The molecule has 0 aliphatic heterocycles. The summed E-state index contributed by atoms with van der Waals surface area (Å²) in [6.07, 6.45) is 7.16. The number of pyridine rings is 1. The molecule has 90 valence electrons. The topological polar surface area (TPSA) is 24.9 Å². The average Bonchev–Trinajstić information content (AvgIpc) is 2.29. The van der Waals surface area contributed by atoms with Crippen LogP contribution in [0, 0.1) is 6.92 Å². The van der Waals surface area contributed by atoms with Crippen LogP contribution in [0.4, 0.5) is 0 Å². The second-order valence-corrected chi connectivity index (χ2v) is 4.60. The van der Waals surface area contributed by atoms with Crippen LogP contribution in [0.25, 0.3) is 0 Å². The summed E-state index contributed by atoms with van der Waals surface area (Å²) in [5, 5.41) is 3.51. The molecule has 0 saturated heterocycles. The van der Waals surface area contributed by atoms with Crippen molar-refractivity contribution in [2.45, 2.75) is 59.0 Å². The lowest BCUT2D eigenvalue weighted by atomic mass is 10.1. The highest BCUT2D eigenvalue weighted by Crippen LogP contribution is 2.04. The average molecular weight is 220 g/mol. The lowest BCUT2D eigenvalue weighted by molar-refractivity contribution is 0.484. The SMILES string of the molecule is CCCCCC(C)NCc1ccc(C)cn1. The Balaban J connectivity index is 2.20. The number of hydrogen-bond donors (Lipinski definition) is 1. The minimum Gasteiger partial charge on any atom is -0.309 e. The van der Waals surface area contributed by atoms with E-state index in [-0.39, 0.29) is 0 Å². The molecule has 0 aromatic carbocycles. The zero-order valence-corrected chi connectivity index (χ0v) is 10.8. The number of hydrogen-bond acceptors (Lipinski definition) is 2. The molecule has 2 nitrogen and oxygen atoms in total. The normalized spacial score (nSPS) is 12.7. The van der Waals surface area contributed by atoms with E-state index >= 15 is 0 Å². The van der Waals surface area contributed by atoms with Crippen LogP contribution in [-0.4, -0.2) is 11.0 Å². The van der Waals surface area contributed by atoms with Crippen LogP contribution < -0.4 is 5.32 Å². The number of unbranched alkanes of at least 4 members (excludes halogenated alkanes) is 2. The first-order valence-corrected chi connectivity index (χ1v) is 6.37. The molecule has 1 N–H and O–H groups in total. The molecule has 1 aromatic heterocycles. The molecule has 0 aliphatic carbocycles. The molecular weight excluding hydrogens is 196 g/mol. The molecule has 1 aromatic rings. The third-order valence-corrected chi connectivity index (χ3v) is 2.84. The van der Waals surface area contributed by atoms with Crippen LogP contribution in [0.2, 0.25) is 0 Å². The molecule has 16 heavy (non-hydrogen) atoms. The van der Waals surface area contributed by atoms with Gasteiger partial charge in [0.05, 0.1) is 5.69 Å². The molecule has 0 aliphatic rings. The van der Waals surface area contributed by atoms with E-state index in [0.29, 0.717) is 6.04 Å². The number of nitrogens with zero attached hydrogens (tertiary/aromatic N) is 1. The summed E-state index contributed by atoms with van der Waals surface area (Å²) >= 11 is 0. The summed E-state index contributed by atoms with van der Waals surface area (Å²) in [5.41, 5.74) is 2.35. The summed E-state index contributed by atoms with van der Waals surface area (Å²) in [4.78, 5) is 4.38. The van der Waals surface area contributed by atoms with Crippen molar-refractivity contribution in [3.8, 4) is 0 Å². The van der Waals surface area contributed by atoms with Crippen molar-refractivity contribution in [1.29, 1.82) is 0 Å². The molecule has 0 spiro atoms. The molecular formula is C14H24N2. The molecule has 1 heterocycles. The second kappa shape index (κ2) is 7.39. The van der Waals surface area contributed by atoms with E-state index < -0.39 is 0 Å². The summed E-state index contributed by atoms with van der Waals surface area (Å²) < 4.78 is 0. The van der Waals surface area contributed by atoms with Crippen molar-refractivity contribution in [3.63, 3.8) is 0 Å². The molecule has 0 bridgehead atoms. The van der Waals surface area contributed by atoms with E-state index in [0.717, 1.165) is 12.2 Å². The summed E-state index contributed by atoms with van der Waals surface area (Å²) in [6, 6.07) is 4.81. The summed E-state index contributed by atoms with van der Waals surface area (Å²) in [7, 11) is 0. The van der Waals surface area contributed by atoms with Gasteiger partial charge in [-0.1, -0.05) is 32.3 Å². The van der Waals surface area contributed by atoms with Gasteiger partial charge >= 0.3 is 0 Å². The molecule has 0 saturated carbocycles. The fourth-order valence-electron chi connectivity index (χ4n) is 1.68. The Morgan fingerprint density at radius 3 is 2.75 bits per heavy atom. The van der Waals surface area contributed by atoms with Gasteiger partial charge in [-0.3, -0.25) is 4.98 Å². The molecule has 1 atom stereocenters. The van der Waals surface area contributed by atoms with Gasteiger partial charge in [-0.25, -0.2) is 0 Å². The van der Waals surface area contributed by atoms with E-state index in [1.165, 1.54) is 31.2 Å². The Labute approximate surface area is 99.5 Å². The highest BCUT2D eigenvalue weighted by Gasteiger charge is 2.01. The third kappa shape index (κ3) is 5.26. The maximum absolute atomic E-state index is 4.38. The van der Waals surface area contributed by atoms with Crippen LogP contribution in [0.3, 0.4) is 0 Å². The maximum Gasteiger partial charge on any atom is 0.0541 e. The minimum atomic E-state index is 0.592. The van der Waals surface area contributed by atoms with Crippen LogP contribution in [0.5, 0.6) is 0 Å².